The van der Waals surface area contributed by atoms with E-state index in [0.29, 0.717) is 0 Å². The van der Waals surface area contributed by atoms with Crippen molar-refractivity contribution in [2.24, 2.45) is 0 Å². The summed E-state index contributed by atoms with van der Waals surface area (Å²) in [5.41, 5.74) is 0. The quantitative estimate of drug-likeness (QED) is 0.290. The van der Waals surface area contributed by atoms with Gasteiger partial charge in [0.15, 0.2) is 0 Å². The number of rotatable bonds is 1. The molecule has 0 aliphatic carbocycles. The minimum atomic E-state index is -3.81. The lowest BCUT2D eigenvalue weighted by atomic mass is 10.3. The minimum Gasteiger partial charge on any atom is -0.359 e. The van der Waals surface area contributed by atoms with Gasteiger partial charge in [-0.2, -0.15) is 5.11 Å². The zero-order valence-electron chi connectivity index (χ0n) is 3.90. The van der Waals surface area contributed by atoms with Crippen LogP contribution in [0, 0.1) is 6.92 Å². The van der Waals surface area contributed by atoms with E-state index in [4.69, 9.17) is 20.4 Å². The lowest BCUT2D eigenvalue weighted by Crippen LogP contribution is -2.51. The molecule has 0 saturated carbocycles. The van der Waals surface area contributed by atoms with E-state index in [1.54, 1.807) is 0 Å². The molecule has 8 heavy (non-hydrogen) atoms. The van der Waals surface area contributed by atoms with E-state index in [1.165, 1.54) is 0 Å². The van der Waals surface area contributed by atoms with Crippen molar-refractivity contribution in [3.05, 3.63) is 6.92 Å². The first-order valence-electron chi connectivity index (χ1n) is 1.70. The van der Waals surface area contributed by atoms with Gasteiger partial charge in [-0.1, -0.05) is 0 Å². The number of hydrogen-bond donors (Lipinski definition) is 4. The predicted molar refractivity (Wildman–Crippen MR) is 20.4 cm³/mol. The third kappa shape index (κ3) is 1.73. The first-order valence-corrected chi connectivity index (χ1v) is 1.70. The fraction of sp³-hybridized carbons (Fsp3) is 0.667. The minimum absolute atomic E-state index is 2.34. The van der Waals surface area contributed by atoms with Gasteiger partial charge in [0.1, 0.15) is 0 Å². The molecule has 48 valence electrons. The highest BCUT2D eigenvalue weighted by Crippen LogP contribution is 2.11. The van der Waals surface area contributed by atoms with E-state index < -0.39 is 11.8 Å². The maximum Gasteiger partial charge on any atom is 0.362 e. The molecule has 0 fully saturated rings. The highest BCUT2D eigenvalue weighted by molar-refractivity contribution is 4.73. The van der Waals surface area contributed by atoms with Crippen molar-refractivity contribution in [3.63, 3.8) is 0 Å². The smallest absolute Gasteiger partial charge is 0.359 e. The van der Waals surface area contributed by atoms with Crippen LogP contribution in [0.25, 0.3) is 0 Å². The van der Waals surface area contributed by atoms with Crippen molar-refractivity contribution in [2.45, 2.75) is 11.8 Å². The largest absolute Gasteiger partial charge is 0.362 e. The highest BCUT2D eigenvalue weighted by atomic mass is 16.7. The molecule has 0 heterocycles. The normalized spacial score (nSPS) is 14.2. The second-order valence-corrected chi connectivity index (χ2v) is 1.42. The SMILES string of the molecule is [CH2]C(O)(O)C([O])(O)O. The zero-order chi connectivity index (χ0) is 7.00. The molecule has 0 aromatic carbocycles. The van der Waals surface area contributed by atoms with E-state index >= 15 is 0 Å². The van der Waals surface area contributed by atoms with Gasteiger partial charge >= 0.3 is 5.97 Å². The number of aliphatic hydroxyl groups is 4. The van der Waals surface area contributed by atoms with E-state index in [1.807, 2.05) is 0 Å². The van der Waals surface area contributed by atoms with Crippen molar-refractivity contribution in [3.8, 4) is 0 Å². The van der Waals surface area contributed by atoms with Gasteiger partial charge in [-0.25, -0.2) is 0 Å². The first-order chi connectivity index (χ1) is 3.25. The fourth-order valence-electron chi connectivity index (χ4n) is 0. The van der Waals surface area contributed by atoms with Crippen LogP contribution in [0.4, 0.5) is 0 Å². The van der Waals surface area contributed by atoms with Gasteiger partial charge in [-0.3, -0.25) is 0 Å². The molecule has 0 bridgehead atoms. The topological polar surface area (TPSA) is 101 Å². The average Bonchev–Trinajstić information content (AvgIpc) is 1.25. The molecule has 0 amide bonds. The molecule has 0 aromatic heterocycles. The van der Waals surface area contributed by atoms with Crippen LogP contribution in [0.1, 0.15) is 0 Å². The Hall–Kier alpha value is -0.200. The van der Waals surface area contributed by atoms with Crippen LogP contribution in [0.15, 0.2) is 0 Å². The van der Waals surface area contributed by atoms with E-state index in [9.17, 15) is 5.11 Å². The Labute approximate surface area is 45.4 Å². The van der Waals surface area contributed by atoms with E-state index in [0.717, 1.165) is 0 Å². The van der Waals surface area contributed by atoms with Gasteiger partial charge in [-0.05, 0) is 0 Å². The van der Waals surface area contributed by atoms with Gasteiger partial charge in [0, 0.05) is 6.92 Å². The molecular weight excluding hydrogens is 116 g/mol. The van der Waals surface area contributed by atoms with Crippen LogP contribution in [0.5, 0.6) is 0 Å². The highest BCUT2D eigenvalue weighted by Gasteiger charge is 2.43. The summed E-state index contributed by atoms with van der Waals surface area (Å²) < 4.78 is 0. The molecule has 0 atom stereocenters. The first kappa shape index (κ1) is 7.80. The van der Waals surface area contributed by atoms with Crippen LogP contribution in [0.3, 0.4) is 0 Å². The van der Waals surface area contributed by atoms with Gasteiger partial charge in [0.25, 0.3) is 0 Å². The molecule has 5 heteroatoms. The summed E-state index contributed by atoms with van der Waals surface area (Å²) in [6, 6.07) is 0. The van der Waals surface area contributed by atoms with Crippen molar-refractivity contribution < 1.29 is 25.5 Å². The molecule has 0 rings (SSSR count). The Bertz CT molecular complexity index is 62.7. The molecule has 0 aliphatic heterocycles. The predicted octanol–water partition coefficient (Wildman–Crippen LogP) is -2.43. The maximum atomic E-state index is 9.67. The molecule has 2 radical (unpaired) electrons. The molecular formula is C3H6O5. The van der Waals surface area contributed by atoms with Crippen molar-refractivity contribution in [1.29, 1.82) is 0 Å². The molecule has 0 unspecified atom stereocenters. The van der Waals surface area contributed by atoms with Crippen LogP contribution >= 0.6 is 0 Å². The summed E-state index contributed by atoms with van der Waals surface area (Å²) in [4.78, 5) is 0. The monoisotopic (exact) mass is 122 g/mol. The maximum absolute atomic E-state index is 9.67. The Morgan fingerprint density at radius 2 is 1.25 bits per heavy atom. The van der Waals surface area contributed by atoms with Gasteiger partial charge in [-0.15, -0.1) is 0 Å². The lowest BCUT2D eigenvalue weighted by Gasteiger charge is -2.22. The van der Waals surface area contributed by atoms with Crippen LogP contribution < -0.4 is 0 Å². The lowest BCUT2D eigenvalue weighted by molar-refractivity contribution is -0.452. The fourth-order valence-corrected chi connectivity index (χ4v) is 0. The second-order valence-electron chi connectivity index (χ2n) is 1.42. The van der Waals surface area contributed by atoms with Crippen LogP contribution in [-0.2, 0) is 5.11 Å². The van der Waals surface area contributed by atoms with E-state index in [2.05, 4.69) is 6.92 Å². The summed E-state index contributed by atoms with van der Waals surface area (Å²) in [6.45, 7) is 2.34. The van der Waals surface area contributed by atoms with Crippen molar-refractivity contribution >= 4 is 0 Å². The van der Waals surface area contributed by atoms with Gasteiger partial charge < -0.3 is 20.4 Å². The van der Waals surface area contributed by atoms with Gasteiger partial charge in [0.05, 0.1) is 0 Å². The Kier molecular flexibility index (Phi) is 1.60. The summed E-state index contributed by atoms with van der Waals surface area (Å²) in [7, 11) is 0. The van der Waals surface area contributed by atoms with E-state index in [-0.39, 0.29) is 0 Å². The van der Waals surface area contributed by atoms with Crippen LogP contribution in [0.2, 0.25) is 0 Å². The molecule has 0 saturated heterocycles. The van der Waals surface area contributed by atoms with Crippen LogP contribution in [-0.4, -0.2) is 32.2 Å². The molecule has 5 nitrogen and oxygen atoms in total. The van der Waals surface area contributed by atoms with Crippen molar-refractivity contribution in [1.82, 2.24) is 0 Å². The third-order valence-electron chi connectivity index (χ3n) is 0.522. The summed E-state index contributed by atoms with van der Waals surface area (Å²) in [5.74, 6) is -7.07. The third-order valence-corrected chi connectivity index (χ3v) is 0.522. The van der Waals surface area contributed by atoms with Crippen molar-refractivity contribution in [2.75, 3.05) is 0 Å². The average molecular weight is 122 g/mol. The molecule has 0 aliphatic rings. The molecule has 0 spiro atoms. The standard InChI is InChI=1S/C3H6O5/c1-2(4,5)3(6,7)8/h4-7H,1H2. The zero-order valence-corrected chi connectivity index (χ0v) is 3.90. The Balaban J connectivity index is 4.02. The Morgan fingerprint density at radius 3 is 1.25 bits per heavy atom. The second kappa shape index (κ2) is 1.64. The Morgan fingerprint density at radius 1 is 1.12 bits per heavy atom. The summed E-state index contributed by atoms with van der Waals surface area (Å²) in [5, 5.41) is 41.2. The summed E-state index contributed by atoms with van der Waals surface area (Å²) >= 11 is 0. The molecule has 0 aromatic rings. The van der Waals surface area contributed by atoms with Gasteiger partial charge in [0.2, 0.25) is 5.79 Å². The number of hydrogen-bond acceptors (Lipinski definition) is 4. The summed E-state index contributed by atoms with van der Waals surface area (Å²) in [6.07, 6.45) is 0. The molecule has 4 N–H and O–H groups in total.